The minimum absolute atomic E-state index is 0.202. The summed E-state index contributed by atoms with van der Waals surface area (Å²) in [7, 11) is 0. The highest BCUT2D eigenvalue weighted by Gasteiger charge is 2.35. The molecule has 1 aliphatic heterocycles. The Hall–Kier alpha value is -2.90. The first-order chi connectivity index (χ1) is 14.6. The van der Waals surface area contributed by atoms with Crippen molar-refractivity contribution in [1.29, 1.82) is 0 Å². The molecule has 1 aromatic heterocycles. The highest BCUT2D eigenvalue weighted by Crippen LogP contribution is 2.24. The van der Waals surface area contributed by atoms with Crippen LogP contribution in [0, 0.1) is 12.7 Å². The van der Waals surface area contributed by atoms with E-state index < -0.39 is 17.7 Å². The van der Waals surface area contributed by atoms with Gasteiger partial charge in [0.1, 0.15) is 17.5 Å². The van der Waals surface area contributed by atoms with E-state index in [4.69, 9.17) is 4.74 Å². The normalized spacial score (nSPS) is 17.9. The molecule has 8 heteroatoms. The van der Waals surface area contributed by atoms with Crippen LogP contribution in [0.15, 0.2) is 30.5 Å². The Balaban J connectivity index is 1.72. The first kappa shape index (κ1) is 22.8. The predicted molar refractivity (Wildman–Crippen MR) is 115 cm³/mol. The Morgan fingerprint density at radius 2 is 1.90 bits per heavy atom. The number of rotatable bonds is 4. The molecular weight excluding hydrogens is 399 g/mol. The Bertz CT molecular complexity index is 933. The molecule has 0 saturated carbocycles. The van der Waals surface area contributed by atoms with Gasteiger partial charge in [0.05, 0.1) is 17.9 Å². The molecule has 0 spiro atoms. The molecule has 2 aromatic rings. The second-order valence-electron chi connectivity index (χ2n) is 8.99. The number of nitrogens with zero attached hydrogens (tertiary/aromatic N) is 3. The van der Waals surface area contributed by atoms with Crippen LogP contribution in [-0.4, -0.2) is 44.9 Å². The summed E-state index contributed by atoms with van der Waals surface area (Å²) in [5.41, 5.74) is 1.84. The summed E-state index contributed by atoms with van der Waals surface area (Å²) in [4.78, 5) is 27.2. The Morgan fingerprint density at radius 1 is 1.23 bits per heavy atom. The third kappa shape index (κ3) is 5.42. The standard InChI is InChI=1S/C23H31FN4O3/c1-15(19-14-25-28(16(19)2)18-11-9-17(24)10-12-18)26-21(29)20-8-6-7-13-27(20)22(30)31-23(3,4)5/h9-12,14-15,20H,6-8,13H2,1-5H3,(H,26,29). The lowest BCUT2D eigenvalue weighted by molar-refractivity contribution is -0.128. The molecule has 0 aliphatic carbocycles. The Morgan fingerprint density at radius 3 is 2.55 bits per heavy atom. The highest BCUT2D eigenvalue weighted by atomic mass is 19.1. The van der Waals surface area contributed by atoms with Gasteiger partial charge in [0, 0.05) is 17.8 Å². The lowest BCUT2D eigenvalue weighted by atomic mass is 10.0. The van der Waals surface area contributed by atoms with Crippen molar-refractivity contribution in [1.82, 2.24) is 20.0 Å². The number of carbonyl (C=O) groups is 2. The van der Waals surface area contributed by atoms with Gasteiger partial charge in [0.2, 0.25) is 5.91 Å². The molecule has 2 heterocycles. The molecule has 2 amide bonds. The number of ether oxygens (including phenoxy) is 1. The van der Waals surface area contributed by atoms with Gasteiger partial charge in [-0.15, -0.1) is 0 Å². The van der Waals surface area contributed by atoms with Gasteiger partial charge in [-0.1, -0.05) is 0 Å². The third-order valence-corrected chi connectivity index (χ3v) is 5.38. The molecule has 3 rings (SSSR count). The second kappa shape index (κ2) is 9.08. The zero-order valence-corrected chi connectivity index (χ0v) is 18.8. The van der Waals surface area contributed by atoms with E-state index in [0.29, 0.717) is 13.0 Å². The molecule has 2 atom stereocenters. The van der Waals surface area contributed by atoms with Crippen LogP contribution in [0.5, 0.6) is 0 Å². The molecule has 2 unspecified atom stereocenters. The molecule has 1 N–H and O–H groups in total. The minimum Gasteiger partial charge on any atom is -0.444 e. The molecule has 168 valence electrons. The van der Waals surface area contributed by atoms with Crippen molar-refractivity contribution in [3.8, 4) is 5.69 Å². The van der Waals surface area contributed by atoms with Gasteiger partial charge in [-0.2, -0.15) is 5.10 Å². The Kier molecular flexibility index (Phi) is 6.67. The predicted octanol–water partition coefficient (Wildman–Crippen LogP) is 4.29. The van der Waals surface area contributed by atoms with Crippen molar-refractivity contribution in [3.63, 3.8) is 0 Å². The van der Waals surface area contributed by atoms with Gasteiger partial charge >= 0.3 is 6.09 Å². The van der Waals surface area contributed by atoms with E-state index in [1.165, 1.54) is 17.0 Å². The third-order valence-electron chi connectivity index (χ3n) is 5.38. The molecule has 0 radical (unpaired) electrons. The number of piperidine rings is 1. The first-order valence-corrected chi connectivity index (χ1v) is 10.7. The fourth-order valence-electron chi connectivity index (χ4n) is 3.82. The molecule has 7 nitrogen and oxygen atoms in total. The lowest BCUT2D eigenvalue weighted by Gasteiger charge is -2.36. The second-order valence-corrected chi connectivity index (χ2v) is 8.99. The van der Waals surface area contributed by atoms with Crippen molar-refractivity contribution in [2.75, 3.05) is 6.54 Å². The number of carbonyl (C=O) groups excluding carboxylic acids is 2. The van der Waals surface area contributed by atoms with Crippen LogP contribution in [0.3, 0.4) is 0 Å². The van der Waals surface area contributed by atoms with Crippen molar-refractivity contribution in [2.24, 2.45) is 0 Å². The summed E-state index contributed by atoms with van der Waals surface area (Å²) in [5.74, 6) is -0.511. The number of amides is 2. The molecule has 31 heavy (non-hydrogen) atoms. The molecule has 1 fully saturated rings. The zero-order valence-electron chi connectivity index (χ0n) is 18.8. The van der Waals surface area contributed by atoms with Crippen molar-refractivity contribution in [2.45, 2.75) is 71.6 Å². The van der Waals surface area contributed by atoms with Crippen LogP contribution in [0.25, 0.3) is 5.69 Å². The highest BCUT2D eigenvalue weighted by molar-refractivity contribution is 5.86. The number of hydrogen-bond donors (Lipinski definition) is 1. The average molecular weight is 431 g/mol. The van der Waals surface area contributed by atoms with Gasteiger partial charge in [0.25, 0.3) is 0 Å². The summed E-state index contributed by atoms with van der Waals surface area (Å²) in [6.45, 7) is 9.73. The van der Waals surface area contributed by atoms with Crippen molar-refractivity contribution >= 4 is 12.0 Å². The van der Waals surface area contributed by atoms with Crippen molar-refractivity contribution < 1.29 is 18.7 Å². The largest absolute Gasteiger partial charge is 0.444 e. The summed E-state index contributed by atoms with van der Waals surface area (Å²) in [5, 5.41) is 7.42. The lowest BCUT2D eigenvalue weighted by Crippen LogP contribution is -2.53. The summed E-state index contributed by atoms with van der Waals surface area (Å²) in [6, 6.07) is 5.22. The SMILES string of the molecule is Cc1c(C(C)NC(=O)C2CCCCN2C(=O)OC(C)(C)C)cnn1-c1ccc(F)cc1. The average Bonchev–Trinajstić information content (AvgIpc) is 3.08. The van der Waals surface area contributed by atoms with E-state index in [9.17, 15) is 14.0 Å². The summed E-state index contributed by atoms with van der Waals surface area (Å²) in [6.07, 6.45) is 3.58. The van der Waals surface area contributed by atoms with Crippen LogP contribution >= 0.6 is 0 Å². The van der Waals surface area contributed by atoms with Gasteiger partial charge in [-0.05, 0) is 78.1 Å². The first-order valence-electron chi connectivity index (χ1n) is 10.7. The van der Waals surface area contributed by atoms with E-state index in [-0.39, 0.29) is 17.8 Å². The van der Waals surface area contributed by atoms with Crippen LogP contribution in [0.1, 0.15) is 64.3 Å². The van der Waals surface area contributed by atoms with E-state index in [1.54, 1.807) is 23.0 Å². The van der Waals surface area contributed by atoms with E-state index in [1.807, 2.05) is 34.6 Å². The smallest absolute Gasteiger partial charge is 0.410 e. The van der Waals surface area contributed by atoms with Crippen LogP contribution in [0.2, 0.25) is 0 Å². The maximum atomic E-state index is 13.2. The Labute approximate surface area is 182 Å². The summed E-state index contributed by atoms with van der Waals surface area (Å²) < 4.78 is 20.4. The maximum absolute atomic E-state index is 13.2. The molecule has 1 aromatic carbocycles. The monoisotopic (exact) mass is 430 g/mol. The maximum Gasteiger partial charge on any atom is 0.410 e. The molecule has 0 bridgehead atoms. The van der Waals surface area contributed by atoms with Crippen molar-refractivity contribution in [3.05, 3.63) is 47.5 Å². The summed E-state index contributed by atoms with van der Waals surface area (Å²) >= 11 is 0. The minimum atomic E-state index is -0.616. The van der Waals surface area contributed by atoms with Gasteiger partial charge < -0.3 is 10.1 Å². The fraction of sp³-hybridized carbons (Fsp3) is 0.522. The number of likely N-dealkylation sites (tertiary alicyclic amines) is 1. The topological polar surface area (TPSA) is 76.5 Å². The number of aromatic nitrogens is 2. The molecular formula is C23H31FN4O3. The fourth-order valence-corrected chi connectivity index (χ4v) is 3.82. The van der Waals surface area contributed by atoms with Gasteiger partial charge in [-0.25, -0.2) is 13.9 Å². The van der Waals surface area contributed by atoms with Gasteiger partial charge in [0.15, 0.2) is 0 Å². The van der Waals surface area contributed by atoms with E-state index in [2.05, 4.69) is 10.4 Å². The van der Waals surface area contributed by atoms with E-state index in [0.717, 1.165) is 29.8 Å². The van der Waals surface area contributed by atoms with Crippen LogP contribution in [-0.2, 0) is 9.53 Å². The quantitative estimate of drug-likeness (QED) is 0.785. The van der Waals surface area contributed by atoms with Gasteiger partial charge in [-0.3, -0.25) is 9.69 Å². The number of benzene rings is 1. The molecule has 1 aliphatic rings. The van der Waals surface area contributed by atoms with E-state index >= 15 is 0 Å². The van der Waals surface area contributed by atoms with Crippen LogP contribution in [0.4, 0.5) is 9.18 Å². The molecule has 1 saturated heterocycles. The zero-order chi connectivity index (χ0) is 22.8. The number of hydrogen-bond acceptors (Lipinski definition) is 4. The number of nitrogens with one attached hydrogen (secondary N) is 1. The van der Waals surface area contributed by atoms with Crippen LogP contribution < -0.4 is 5.32 Å². The number of halogens is 1.